The number of halogens is 1. The van der Waals surface area contributed by atoms with Crippen LogP contribution in [-0.4, -0.2) is 61.2 Å². The van der Waals surface area contributed by atoms with Crippen molar-refractivity contribution in [2.75, 3.05) is 44.2 Å². The first kappa shape index (κ1) is 17.7. The fourth-order valence-corrected chi connectivity index (χ4v) is 4.42. The number of hydrogen-bond acceptors (Lipinski definition) is 3. The number of rotatable bonds is 5. The molecule has 0 saturated carbocycles. The molecule has 24 heavy (non-hydrogen) atoms. The lowest BCUT2D eigenvalue weighted by Gasteiger charge is -2.45. The Morgan fingerprint density at radius 2 is 1.67 bits per heavy atom. The standard InChI is InChI=1S/C20H32FN3/c1-3-18(4-2)24-11-5-6-20(16-24)23-14-12-22(13-15-23)19-9-7-17(21)8-10-19/h7-10,18,20H,3-6,11-16H2,1-2H3. The van der Waals surface area contributed by atoms with Crippen molar-refractivity contribution in [2.24, 2.45) is 0 Å². The Hall–Kier alpha value is -1.13. The van der Waals surface area contributed by atoms with Crippen LogP contribution in [0.1, 0.15) is 39.5 Å². The molecule has 0 bridgehead atoms. The second kappa shape index (κ2) is 8.30. The fraction of sp³-hybridized carbons (Fsp3) is 0.700. The molecule has 1 unspecified atom stereocenters. The predicted molar refractivity (Wildman–Crippen MR) is 99.2 cm³/mol. The molecule has 3 rings (SSSR count). The lowest BCUT2D eigenvalue weighted by atomic mass is 9.99. The molecule has 0 aromatic heterocycles. The van der Waals surface area contributed by atoms with Crippen LogP contribution in [0.15, 0.2) is 24.3 Å². The van der Waals surface area contributed by atoms with Crippen LogP contribution in [0, 0.1) is 5.82 Å². The van der Waals surface area contributed by atoms with Gasteiger partial charge in [-0.15, -0.1) is 0 Å². The van der Waals surface area contributed by atoms with Gasteiger partial charge in [-0.1, -0.05) is 13.8 Å². The maximum Gasteiger partial charge on any atom is 0.123 e. The van der Waals surface area contributed by atoms with Crippen molar-refractivity contribution in [3.8, 4) is 0 Å². The quantitative estimate of drug-likeness (QED) is 0.815. The molecule has 1 aromatic rings. The number of hydrogen-bond donors (Lipinski definition) is 0. The van der Waals surface area contributed by atoms with Gasteiger partial charge in [0.1, 0.15) is 5.82 Å². The molecular formula is C20H32FN3. The van der Waals surface area contributed by atoms with E-state index in [1.165, 1.54) is 38.8 Å². The first-order valence-electron chi connectivity index (χ1n) is 9.69. The molecule has 4 heteroatoms. The fourth-order valence-electron chi connectivity index (χ4n) is 4.42. The number of nitrogens with zero attached hydrogens (tertiary/aromatic N) is 3. The van der Waals surface area contributed by atoms with Gasteiger partial charge < -0.3 is 4.90 Å². The molecule has 0 radical (unpaired) electrons. The zero-order valence-corrected chi connectivity index (χ0v) is 15.3. The number of piperidine rings is 1. The summed E-state index contributed by atoms with van der Waals surface area (Å²) < 4.78 is 13.1. The summed E-state index contributed by atoms with van der Waals surface area (Å²) in [6.45, 7) is 11.5. The normalized spacial score (nSPS) is 23.8. The van der Waals surface area contributed by atoms with Crippen LogP contribution in [0.3, 0.4) is 0 Å². The van der Waals surface area contributed by atoms with Gasteiger partial charge in [-0.2, -0.15) is 0 Å². The maximum atomic E-state index is 13.1. The van der Waals surface area contributed by atoms with Crippen molar-refractivity contribution in [3.05, 3.63) is 30.1 Å². The van der Waals surface area contributed by atoms with E-state index in [4.69, 9.17) is 0 Å². The van der Waals surface area contributed by atoms with E-state index in [1.54, 1.807) is 12.1 Å². The molecule has 3 nitrogen and oxygen atoms in total. The van der Waals surface area contributed by atoms with Crippen LogP contribution in [0.2, 0.25) is 0 Å². The number of piperazine rings is 1. The Morgan fingerprint density at radius 1 is 1.00 bits per heavy atom. The van der Waals surface area contributed by atoms with E-state index in [0.29, 0.717) is 0 Å². The highest BCUT2D eigenvalue weighted by molar-refractivity contribution is 5.46. The van der Waals surface area contributed by atoms with E-state index in [0.717, 1.165) is 44.0 Å². The summed E-state index contributed by atoms with van der Waals surface area (Å²) >= 11 is 0. The maximum absolute atomic E-state index is 13.1. The van der Waals surface area contributed by atoms with Crippen LogP contribution in [0.25, 0.3) is 0 Å². The third-order valence-corrected chi connectivity index (χ3v) is 5.91. The molecule has 1 atom stereocenters. The summed E-state index contributed by atoms with van der Waals surface area (Å²) in [7, 11) is 0. The molecule has 0 spiro atoms. The van der Waals surface area contributed by atoms with Gasteiger partial charge in [0.2, 0.25) is 0 Å². The van der Waals surface area contributed by atoms with E-state index < -0.39 is 0 Å². The lowest BCUT2D eigenvalue weighted by Crippen LogP contribution is -2.56. The van der Waals surface area contributed by atoms with E-state index in [-0.39, 0.29) is 5.82 Å². The highest BCUT2D eigenvalue weighted by Crippen LogP contribution is 2.23. The van der Waals surface area contributed by atoms with Crippen LogP contribution in [-0.2, 0) is 0 Å². The average Bonchev–Trinajstić information content (AvgIpc) is 2.64. The molecule has 0 N–H and O–H groups in total. The molecule has 0 amide bonds. The Kier molecular flexibility index (Phi) is 6.12. The predicted octanol–water partition coefficient (Wildman–Crippen LogP) is 3.60. The molecule has 2 aliphatic heterocycles. The van der Waals surface area contributed by atoms with Crippen LogP contribution in [0.4, 0.5) is 10.1 Å². The number of benzene rings is 1. The van der Waals surface area contributed by atoms with E-state index >= 15 is 0 Å². The van der Waals surface area contributed by atoms with Crippen molar-refractivity contribution >= 4 is 5.69 Å². The van der Waals surface area contributed by atoms with Crippen LogP contribution >= 0.6 is 0 Å². The lowest BCUT2D eigenvalue weighted by molar-refractivity contribution is 0.0646. The minimum atomic E-state index is -0.152. The summed E-state index contributed by atoms with van der Waals surface area (Å²) in [5.74, 6) is -0.152. The van der Waals surface area contributed by atoms with Crippen molar-refractivity contribution in [1.82, 2.24) is 9.80 Å². The Balaban J connectivity index is 1.53. The summed E-state index contributed by atoms with van der Waals surface area (Å²) in [6.07, 6.45) is 5.20. The van der Waals surface area contributed by atoms with Crippen LogP contribution < -0.4 is 4.90 Å². The van der Waals surface area contributed by atoms with E-state index in [1.807, 2.05) is 12.1 Å². The molecule has 0 aliphatic carbocycles. The van der Waals surface area contributed by atoms with Gasteiger partial charge in [-0.25, -0.2) is 4.39 Å². The topological polar surface area (TPSA) is 9.72 Å². The average molecular weight is 333 g/mol. The van der Waals surface area contributed by atoms with E-state index in [2.05, 4.69) is 28.5 Å². The SMILES string of the molecule is CCC(CC)N1CCCC(N2CCN(c3ccc(F)cc3)CC2)C1. The van der Waals surface area contributed by atoms with Gasteiger partial charge in [0, 0.05) is 50.5 Å². The monoisotopic (exact) mass is 333 g/mol. The van der Waals surface area contributed by atoms with Crippen molar-refractivity contribution in [1.29, 1.82) is 0 Å². The van der Waals surface area contributed by atoms with Crippen LogP contribution in [0.5, 0.6) is 0 Å². The van der Waals surface area contributed by atoms with Gasteiger partial charge in [-0.05, 0) is 56.5 Å². The highest BCUT2D eigenvalue weighted by Gasteiger charge is 2.30. The third-order valence-electron chi connectivity index (χ3n) is 5.91. The molecule has 2 saturated heterocycles. The number of likely N-dealkylation sites (tertiary alicyclic amines) is 1. The Bertz CT molecular complexity index is 492. The van der Waals surface area contributed by atoms with E-state index in [9.17, 15) is 4.39 Å². The van der Waals surface area contributed by atoms with Gasteiger partial charge in [-0.3, -0.25) is 9.80 Å². The summed E-state index contributed by atoms with van der Waals surface area (Å²) in [4.78, 5) is 7.80. The first-order chi connectivity index (χ1) is 11.7. The Morgan fingerprint density at radius 3 is 2.29 bits per heavy atom. The summed E-state index contributed by atoms with van der Waals surface area (Å²) in [5.41, 5.74) is 1.15. The molecular weight excluding hydrogens is 301 g/mol. The molecule has 2 heterocycles. The Labute approximate surface area is 146 Å². The van der Waals surface area contributed by atoms with Crippen molar-refractivity contribution in [2.45, 2.75) is 51.6 Å². The first-order valence-corrected chi connectivity index (χ1v) is 9.69. The molecule has 134 valence electrons. The molecule has 2 fully saturated rings. The minimum absolute atomic E-state index is 0.152. The van der Waals surface area contributed by atoms with Gasteiger partial charge in [0.15, 0.2) is 0 Å². The second-order valence-electron chi connectivity index (χ2n) is 7.26. The molecule has 1 aromatic carbocycles. The van der Waals surface area contributed by atoms with Gasteiger partial charge in [0.05, 0.1) is 0 Å². The molecule has 2 aliphatic rings. The van der Waals surface area contributed by atoms with Gasteiger partial charge >= 0.3 is 0 Å². The summed E-state index contributed by atoms with van der Waals surface area (Å²) in [6, 6.07) is 8.41. The number of anilines is 1. The zero-order chi connectivity index (χ0) is 16.9. The minimum Gasteiger partial charge on any atom is -0.369 e. The second-order valence-corrected chi connectivity index (χ2v) is 7.26. The van der Waals surface area contributed by atoms with Crippen molar-refractivity contribution < 1.29 is 4.39 Å². The summed E-state index contributed by atoms with van der Waals surface area (Å²) in [5, 5.41) is 0. The van der Waals surface area contributed by atoms with Crippen molar-refractivity contribution in [3.63, 3.8) is 0 Å². The third kappa shape index (κ3) is 4.09. The smallest absolute Gasteiger partial charge is 0.123 e. The largest absolute Gasteiger partial charge is 0.369 e. The highest BCUT2D eigenvalue weighted by atomic mass is 19.1. The van der Waals surface area contributed by atoms with Gasteiger partial charge in [0.25, 0.3) is 0 Å². The zero-order valence-electron chi connectivity index (χ0n) is 15.3.